The van der Waals surface area contributed by atoms with Crippen molar-refractivity contribution in [3.8, 4) is 0 Å². The van der Waals surface area contributed by atoms with Crippen LogP contribution < -0.4 is 10.1 Å². The Morgan fingerprint density at radius 3 is 2.59 bits per heavy atom. The van der Waals surface area contributed by atoms with Crippen LogP contribution in [-0.4, -0.2) is 85.2 Å². The monoisotopic (exact) mass is 427 g/mol. The van der Waals surface area contributed by atoms with Gasteiger partial charge in [-0.1, -0.05) is 6.92 Å². The molecule has 4 fully saturated rings. The lowest BCUT2D eigenvalue weighted by atomic mass is 9.81. The van der Waals surface area contributed by atoms with Crippen molar-refractivity contribution < 1.29 is 18.0 Å². The molecule has 4 atom stereocenters. The SMILES string of the molecule is CCN1CC(CN2C(=O)C3CC(S(=O)(=O)NC4(C)CC4)CCC3N(C)C2=O)CN1. The summed E-state index contributed by atoms with van der Waals surface area (Å²) in [6.07, 6.45) is 3.03. The number of carbonyl (C=O) groups excluding carboxylic acids is 2. The van der Waals surface area contributed by atoms with Crippen molar-refractivity contribution in [3.05, 3.63) is 0 Å². The van der Waals surface area contributed by atoms with Crippen LogP contribution in [0.15, 0.2) is 0 Å². The zero-order valence-electron chi connectivity index (χ0n) is 17.6. The van der Waals surface area contributed by atoms with E-state index in [-0.39, 0.29) is 35.9 Å². The van der Waals surface area contributed by atoms with E-state index in [1.165, 1.54) is 4.90 Å². The van der Waals surface area contributed by atoms with Gasteiger partial charge in [0.2, 0.25) is 15.9 Å². The van der Waals surface area contributed by atoms with Crippen LogP contribution in [0.4, 0.5) is 4.79 Å². The molecule has 9 nitrogen and oxygen atoms in total. The van der Waals surface area contributed by atoms with E-state index in [0.29, 0.717) is 19.4 Å². The summed E-state index contributed by atoms with van der Waals surface area (Å²) in [7, 11) is -1.74. The highest BCUT2D eigenvalue weighted by Gasteiger charge is 2.51. The molecule has 2 saturated heterocycles. The number of nitrogens with zero attached hydrogens (tertiary/aromatic N) is 3. The van der Waals surface area contributed by atoms with Crippen LogP contribution in [-0.2, 0) is 14.8 Å². The number of sulfonamides is 1. The number of imide groups is 1. The maximum absolute atomic E-state index is 13.3. The summed E-state index contributed by atoms with van der Waals surface area (Å²) < 4.78 is 28.6. The molecule has 0 bridgehead atoms. The maximum atomic E-state index is 13.3. The molecule has 0 spiro atoms. The zero-order chi connectivity index (χ0) is 21.0. The second-order valence-electron chi connectivity index (χ2n) is 9.43. The standard InChI is InChI=1S/C19H33N5O4S/c1-4-23-11-13(10-20-23)12-24-17(25)15-9-14(5-6-16(15)22(3)18(24)26)29(27,28)21-19(2)7-8-19/h13-16,20-21H,4-12H2,1-3H3. The first kappa shape index (κ1) is 21.0. The van der Waals surface area contributed by atoms with Gasteiger partial charge in [-0.15, -0.1) is 0 Å². The quantitative estimate of drug-likeness (QED) is 0.634. The molecule has 2 N–H and O–H groups in total. The number of hydrogen-bond donors (Lipinski definition) is 2. The normalized spacial score (nSPS) is 35.1. The minimum Gasteiger partial charge on any atom is -0.324 e. The van der Waals surface area contributed by atoms with Gasteiger partial charge in [-0.25, -0.2) is 22.9 Å². The van der Waals surface area contributed by atoms with Gasteiger partial charge in [0, 0.05) is 50.7 Å². The molecule has 0 aromatic rings. The van der Waals surface area contributed by atoms with Gasteiger partial charge in [-0.2, -0.15) is 0 Å². The number of hydrogen-bond acceptors (Lipinski definition) is 6. The number of nitrogens with one attached hydrogen (secondary N) is 2. The lowest BCUT2D eigenvalue weighted by Gasteiger charge is -2.47. The van der Waals surface area contributed by atoms with E-state index in [0.717, 1.165) is 32.5 Å². The Balaban J connectivity index is 1.47. The first-order valence-electron chi connectivity index (χ1n) is 10.7. The van der Waals surface area contributed by atoms with Crippen molar-refractivity contribution in [2.45, 2.75) is 62.8 Å². The zero-order valence-corrected chi connectivity index (χ0v) is 18.4. The van der Waals surface area contributed by atoms with Gasteiger partial charge in [0.05, 0.1) is 11.2 Å². The Labute approximate surface area is 173 Å². The molecule has 29 heavy (non-hydrogen) atoms. The van der Waals surface area contributed by atoms with Crippen molar-refractivity contribution in [2.75, 3.05) is 33.2 Å². The summed E-state index contributed by atoms with van der Waals surface area (Å²) in [5.41, 5.74) is 2.97. The van der Waals surface area contributed by atoms with Crippen LogP contribution >= 0.6 is 0 Å². The van der Waals surface area contributed by atoms with E-state index in [1.807, 2.05) is 6.92 Å². The average molecular weight is 428 g/mol. The third kappa shape index (κ3) is 4.04. The smallest absolute Gasteiger partial charge is 0.324 e. The summed E-state index contributed by atoms with van der Waals surface area (Å²) in [4.78, 5) is 29.1. The van der Waals surface area contributed by atoms with Crippen LogP contribution in [0.3, 0.4) is 0 Å². The van der Waals surface area contributed by atoms with Crippen molar-refractivity contribution >= 4 is 22.0 Å². The lowest BCUT2D eigenvalue weighted by molar-refractivity contribution is -0.140. The van der Waals surface area contributed by atoms with E-state index in [9.17, 15) is 18.0 Å². The Morgan fingerprint density at radius 1 is 1.24 bits per heavy atom. The molecule has 2 heterocycles. The van der Waals surface area contributed by atoms with Crippen molar-refractivity contribution in [2.24, 2.45) is 11.8 Å². The van der Waals surface area contributed by atoms with Crippen molar-refractivity contribution in [1.82, 2.24) is 25.0 Å². The molecule has 4 aliphatic rings. The fourth-order valence-electron chi connectivity index (χ4n) is 4.96. The molecule has 2 aliphatic carbocycles. The molecule has 0 aromatic carbocycles. The fourth-order valence-corrected chi connectivity index (χ4v) is 6.92. The number of amides is 3. The van der Waals surface area contributed by atoms with Gasteiger partial charge in [0.1, 0.15) is 0 Å². The minimum absolute atomic E-state index is 0.187. The molecule has 2 saturated carbocycles. The van der Waals surface area contributed by atoms with E-state index >= 15 is 0 Å². The molecule has 10 heteroatoms. The number of hydrazine groups is 1. The number of fused-ring (bicyclic) bond motifs is 1. The number of rotatable bonds is 6. The van der Waals surface area contributed by atoms with Crippen LogP contribution in [0.5, 0.6) is 0 Å². The van der Waals surface area contributed by atoms with E-state index in [2.05, 4.69) is 22.1 Å². The van der Waals surface area contributed by atoms with Crippen molar-refractivity contribution in [3.63, 3.8) is 0 Å². The molecular weight excluding hydrogens is 394 g/mol. The Bertz CT molecular complexity index is 783. The minimum atomic E-state index is -3.47. The fraction of sp³-hybridized carbons (Fsp3) is 0.895. The summed E-state index contributed by atoms with van der Waals surface area (Å²) >= 11 is 0. The first-order valence-corrected chi connectivity index (χ1v) is 12.3. The van der Waals surface area contributed by atoms with Gasteiger partial charge in [0.25, 0.3) is 0 Å². The Kier molecular flexibility index (Phi) is 5.42. The highest BCUT2D eigenvalue weighted by molar-refractivity contribution is 7.90. The largest absolute Gasteiger partial charge is 0.326 e. The highest BCUT2D eigenvalue weighted by atomic mass is 32.2. The third-order valence-electron chi connectivity index (χ3n) is 7.11. The Morgan fingerprint density at radius 2 is 1.97 bits per heavy atom. The summed E-state index contributed by atoms with van der Waals surface area (Å²) in [6.45, 7) is 6.76. The Hall–Kier alpha value is -1.23. The second kappa shape index (κ2) is 7.47. The number of carbonyl (C=O) groups is 2. The molecule has 164 valence electrons. The molecule has 4 unspecified atom stereocenters. The van der Waals surface area contributed by atoms with Crippen LogP contribution in [0, 0.1) is 11.8 Å². The van der Waals surface area contributed by atoms with Gasteiger partial charge >= 0.3 is 6.03 Å². The van der Waals surface area contributed by atoms with Gasteiger partial charge in [-0.05, 0) is 39.0 Å². The topological polar surface area (TPSA) is 102 Å². The predicted octanol–water partition coefficient (Wildman–Crippen LogP) is 0.346. The number of urea groups is 1. The summed E-state index contributed by atoms with van der Waals surface area (Å²) in [5.74, 6) is -0.463. The summed E-state index contributed by atoms with van der Waals surface area (Å²) in [6, 6.07) is -0.459. The molecule has 4 rings (SSSR count). The highest BCUT2D eigenvalue weighted by Crippen LogP contribution is 2.39. The van der Waals surface area contributed by atoms with Crippen LogP contribution in [0.1, 0.15) is 46.0 Å². The van der Waals surface area contributed by atoms with E-state index in [4.69, 9.17) is 0 Å². The molecule has 2 aliphatic heterocycles. The second-order valence-corrected chi connectivity index (χ2v) is 11.4. The predicted molar refractivity (Wildman–Crippen MR) is 108 cm³/mol. The maximum Gasteiger partial charge on any atom is 0.326 e. The summed E-state index contributed by atoms with van der Waals surface area (Å²) in [5, 5.41) is 1.51. The molecule has 3 amide bonds. The molecule has 0 radical (unpaired) electrons. The van der Waals surface area contributed by atoms with Crippen LogP contribution in [0.2, 0.25) is 0 Å². The molecular formula is C19H33N5O4S. The first-order chi connectivity index (χ1) is 13.6. The lowest BCUT2D eigenvalue weighted by Crippen LogP contribution is -2.63. The van der Waals surface area contributed by atoms with Crippen molar-refractivity contribution in [1.29, 1.82) is 0 Å². The van der Waals surface area contributed by atoms with Gasteiger partial charge in [-0.3, -0.25) is 15.1 Å². The van der Waals surface area contributed by atoms with E-state index < -0.39 is 21.2 Å². The van der Waals surface area contributed by atoms with Gasteiger partial charge in [0.15, 0.2) is 0 Å². The van der Waals surface area contributed by atoms with E-state index in [1.54, 1.807) is 11.9 Å². The molecule has 0 aromatic heterocycles. The van der Waals surface area contributed by atoms with Gasteiger partial charge < -0.3 is 4.90 Å². The average Bonchev–Trinajstić information content (AvgIpc) is 3.22. The van der Waals surface area contributed by atoms with Crippen LogP contribution in [0.25, 0.3) is 0 Å². The third-order valence-corrected chi connectivity index (χ3v) is 9.19.